The van der Waals surface area contributed by atoms with Crippen molar-refractivity contribution >= 4 is 0 Å². The Bertz CT molecular complexity index is 1400. The van der Waals surface area contributed by atoms with Crippen LogP contribution in [0.3, 0.4) is 0 Å². The van der Waals surface area contributed by atoms with Crippen LogP contribution in [0.5, 0.6) is 0 Å². The quantitative estimate of drug-likeness (QED) is 0.0649. The second kappa shape index (κ2) is 106. The van der Waals surface area contributed by atoms with Gasteiger partial charge in [-0.05, 0) is 6.42 Å². The molecule has 1 N–H and O–H groups in total. The maximum absolute atomic E-state index is 8.62. The Morgan fingerprint density at radius 2 is 0.185 bits per heavy atom. The van der Waals surface area contributed by atoms with Crippen LogP contribution >= 0.6 is 0 Å². The summed E-state index contributed by atoms with van der Waals surface area (Å²) in [5, 5.41) is 8.62. The molecule has 0 aromatic heterocycles. The highest BCUT2D eigenvalue weighted by Crippen LogP contribution is 2.13. The molecule has 0 aromatic rings. The van der Waals surface area contributed by atoms with Crippen molar-refractivity contribution < 1.29 is 147 Å². The summed E-state index contributed by atoms with van der Waals surface area (Å²) in [6.45, 7) is 32.2. The highest BCUT2D eigenvalue weighted by molar-refractivity contribution is 4.51. The molecule has 0 aliphatic heterocycles. The molecule has 0 unspecified atom stereocenters. The first-order chi connectivity index (χ1) is 53.9. The smallest absolute Gasteiger partial charge is 0.0701 e. The fraction of sp³-hybridized carbons (Fsp3) is 1.00. The van der Waals surface area contributed by atoms with Crippen molar-refractivity contribution in [3.05, 3.63) is 0 Å². The van der Waals surface area contributed by atoms with Crippen molar-refractivity contribution in [3.8, 4) is 0 Å². The zero-order chi connectivity index (χ0) is 77.0. The molecule has 0 bridgehead atoms. The molecule has 31 heteroatoms. The van der Waals surface area contributed by atoms with Crippen LogP contribution in [0.2, 0.25) is 0 Å². The molecule has 0 atom stereocenters. The average molecular weight is 1580 g/mol. The molecule has 0 saturated carbocycles. The van der Waals surface area contributed by atoms with E-state index in [0.717, 1.165) is 13.0 Å². The van der Waals surface area contributed by atoms with Crippen LogP contribution in [0.25, 0.3) is 0 Å². The van der Waals surface area contributed by atoms with Crippen molar-refractivity contribution in [3.63, 3.8) is 0 Å². The van der Waals surface area contributed by atoms with Crippen LogP contribution in [-0.4, -0.2) is 408 Å². The summed E-state index contributed by atoms with van der Waals surface area (Å²) in [4.78, 5) is 0. The van der Waals surface area contributed by atoms with Gasteiger partial charge in [0, 0.05) is 6.61 Å². The Hall–Kier alpha value is -1.24. The fourth-order valence-electron chi connectivity index (χ4n) is 9.12. The van der Waals surface area contributed by atoms with Gasteiger partial charge < -0.3 is 147 Å². The summed E-state index contributed by atoms with van der Waals surface area (Å²) >= 11 is 0. The van der Waals surface area contributed by atoms with Gasteiger partial charge in [-0.3, -0.25) is 0 Å². The molecule has 650 valence electrons. The zero-order valence-electron chi connectivity index (χ0n) is 67.4. The molecular weight excluding hydrogens is 1420 g/mol. The number of aliphatic hydroxyl groups is 1. The van der Waals surface area contributed by atoms with E-state index >= 15 is 0 Å². The van der Waals surface area contributed by atoms with Gasteiger partial charge in [-0.2, -0.15) is 0 Å². The Morgan fingerprint density at radius 3 is 0.287 bits per heavy atom. The minimum Gasteiger partial charge on any atom is -0.394 e. The second-order valence-electron chi connectivity index (χ2n) is 24.0. The minimum atomic E-state index is 0.0167. The van der Waals surface area contributed by atoms with Gasteiger partial charge in [-0.1, -0.05) is 96.8 Å². The molecule has 0 rings (SSSR count). The standard InChI is InChI=1S/C77H156O31/c1-2-3-4-5-6-7-8-9-10-11-12-13-14-15-16-18-79-20-22-81-24-26-83-28-30-85-32-34-87-36-38-89-40-42-91-44-46-93-48-50-95-52-54-97-56-58-99-60-62-101-64-66-103-68-70-105-72-74-107-76-77-108-75-73-106-71-69-104-67-65-102-63-61-100-59-57-98-55-53-96-51-49-94-47-45-92-43-41-90-39-37-88-35-33-86-31-29-84-27-25-82-23-21-80-19-17-78/h78H,2-77H2,1H3. The topological polar surface area (TPSA) is 297 Å². The number of hydrogen-bond donors (Lipinski definition) is 1. The van der Waals surface area contributed by atoms with Crippen LogP contribution in [0.15, 0.2) is 0 Å². The molecule has 0 fully saturated rings. The van der Waals surface area contributed by atoms with Crippen LogP contribution in [0.1, 0.15) is 103 Å². The highest BCUT2D eigenvalue weighted by Gasteiger charge is 2.04. The van der Waals surface area contributed by atoms with E-state index in [-0.39, 0.29) is 6.61 Å². The highest BCUT2D eigenvalue weighted by atomic mass is 16.6. The fourth-order valence-corrected chi connectivity index (χ4v) is 9.12. The summed E-state index contributed by atoms with van der Waals surface area (Å²) in [6.07, 6.45) is 20.6. The molecule has 0 radical (unpaired) electrons. The van der Waals surface area contributed by atoms with Crippen molar-refractivity contribution in [1.29, 1.82) is 0 Å². The Labute approximate surface area is 651 Å². The van der Waals surface area contributed by atoms with Gasteiger partial charge in [0.25, 0.3) is 0 Å². The predicted molar refractivity (Wildman–Crippen MR) is 407 cm³/mol. The van der Waals surface area contributed by atoms with Crippen molar-refractivity contribution in [1.82, 2.24) is 0 Å². The lowest BCUT2D eigenvalue weighted by Crippen LogP contribution is -2.16. The molecule has 0 spiro atoms. The van der Waals surface area contributed by atoms with Crippen molar-refractivity contribution in [2.45, 2.75) is 103 Å². The molecule has 0 heterocycles. The SMILES string of the molecule is CCCCCCCCCCCCCCCCCOCCOCCOCCOCCOCCOCCOCCOCCOCCOCCOCCOCCOCCOCCOCCOCCOCCOCCOCCOCCOCCOCCOCCOCCOCCOCCOCCOCCOCCOCCO. The molecule has 0 aromatic carbocycles. The third-order valence-corrected chi connectivity index (χ3v) is 14.9. The lowest BCUT2D eigenvalue weighted by Gasteiger charge is -2.09. The van der Waals surface area contributed by atoms with E-state index in [1.165, 1.54) is 89.9 Å². The minimum absolute atomic E-state index is 0.0167. The normalized spacial score (nSPS) is 11.8. The first-order valence-electron chi connectivity index (χ1n) is 40.8. The summed E-state index contributed by atoms with van der Waals surface area (Å²) in [5.41, 5.74) is 0. The van der Waals surface area contributed by atoms with E-state index in [1.807, 2.05) is 0 Å². The maximum atomic E-state index is 8.62. The predicted octanol–water partition coefficient (Wildman–Crippen LogP) is 6.35. The van der Waals surface area contributed by atoms with E-state index in [1.54, 1.807) is 0 Å². The first kappa shape index (κ1) is 107. The van der Waals surface area contributed by atoms with Gasteiger partial charge in [0.15, 0.2) is 0 Å². The second-order valence-corrected chi connectivity index (χ2v) is 24.0. The summed E-state index contributed by atoms with van der Waals surface area (Å²) in [5.74, 6) is 0. The molecule has 0 aliphatic carbocycles. The average Bonchev–Trinajstić information content (AvgIpc) is 3.89. The number of hydrogen-bond acceptors (Lipinski definition) is 31. The van der Waals surface area contributed by atoms with Gasteiger partial charge in [-0.15, -0.1) is 0 Å². The summed E-state index contributed by atoms with van der Waals surface area (Å²) in [7, 11) is 0. The van der Waals surface area contributed by atoms with E-state index < -0.39 is 0 Å². The van der Waals surface area contributed by atoms with Crippen LogP contribution in [0.4, 0.5) is 0 Å². The van der Waals surface area contributed by atoms with Crippen LogP contribution in [0, 0.1) is 0 Å². The monoisotopic (exact) mass is 1580 g/mol. The molecular formula is C77H156O31. The molecule has 31 nitrogen and oxygen atoms in total. The van der Waals surface area contributed by atoms with E-state index in [2.05, 4.69) is 6.92 Å². The summed E-state index contributed by atoms with van der Waals surface area (Å²) < 4.78 is 166. The van der Waals surface area contributed by atoms with Gasteiger partial charge in [-0.25, -0.2) is 0 Å². The molecule has 0 aliphatic rings. The summed E-state index contributed by atoms with van der Waals surface area (Å²) in [6, 6.07) is 0. The van der Waals surface area contributed by atoms with E-state index in [0.29, 0.717) is 390 Å². The number of ether oxygens (including phenoxy) is 30. The number of rotatable bonds is 105. The van der Waals surface area contributed by atoms with E-state index in [4.69, 9.17) is 147 Å². The third kappa shape index (κ3) is 105. The lowest BCUT2D eigenvalue weighted by molar-refractivity contribution is -0.0325. The third-order valence-electron chi connectivity index (χ3n) is 14.9. The van der Waals surface area contributed by atoms with Gasteiger partial charge in [0.05, 0.1) is 396 Å². The maximum Gasteiger partial charge on any atom is 0.0701 e. The first-order valence-corrected chi connectivity index (χ1v) is 40.8. The molecule has 0 saturated heterocycles. The largest absolute Gasteiger partial charge is 0.394 e. The zero-order valence-corrected chi connectivity index (χ0v) is 67.4. The van der Waals surface area contributed by atoms with Gasteiger partial charge >= 0.3 is 0 Å². The van der Waals surface area contributed by atoms with E-state index in [9.17, 15) is 0 Å². The lowest BCUT2D eigenvalue weighted by atomic mass is 10.0. The van der Waals surface area contributed by atoms with Crippen molar-refractivity contribution in [2.24, 2.45) is 0 Å². The van der Waals surface area contributed by atoms with Crippen LogP contribution in [-0.2, 0) is 142 Å². The van der Waals surface area contributed by atoms with Gasteiger partial charge in [0.2, 0.25) is 0 Å². The molecule has 0 amide bonds. The number of aliphatic hydroxyl groups excluding tert-OH is 1. The van der Waals surface area contributed by atoms with Crippen molar-refractivity contribution in [2.75, 3.05) is 403 Å². The van der Waals surface area contributed by atoms with Gasteiger partial charge in [0.1, 0.15) is 0 Å². The Kier molecular flexibility index (Phi) is 105. The Morgan fingerprint density at radius 1 is 0.102 bits per heavy atom. The van der Waals surface area contributed by atoms with Crippen LogP contribution < -0.4 is 0 Å². The number of unbranched alkanes of at least 4 members (excludes halogenated alkanes) is 14. The Balaban J connectivity index is 3.09. The molecule has 108 heavy (non-hydrogen) atoms.